The quantitative estimate of drug-likeness (QED) is 0.712. The number of amides is 1. The summed E-state index contributed by atoms with van der Waals surface area (Å²) in [7, 11) is 0. The first-order valence-corrected chi connectivity index (χ1v) is 6.59. The highest BCUT2D eigenvalue weighted by Gasteiger charge is 2.39. The van der Waals surface area contributed by atoms with Crippen LogP contribution in [0.1, 0.15) is 38.7 Å². The molecule has 0 radical (unpaired) electrons. The van der Waals surface area contributed by atoms with Crippen LogP contribution in [-0.2, 0) is 4.79 Å². The molecule has 2 rings (SSSR count). The second-order valence-electron chi connectivity index (χ2n) is 5.48. The fraction of sp³-hybridized carbons (Fsp3) is 0.500. The van der Waals surface area contributed by atoms with Gasteiger partial charge in [-0.15, -0.1) is 11.6 Å². The molecule has 2 nitrogen and oxygen atoms in total. The van der Waals surface area contributed by atoms with Gasteiger partial charge in [0.05, 0.1) is 0 Å². The molecule has 4 heteroatoms. The SMILES string of the molecule is CC1CC(C)(C)N(C(=O)CCl)c2ccc(F)cc21. The van der Waals surface area contributed by atoms with E-state index in [2.05, 4.69) is 6.92 Å². The minimum absolute atomic E-state index is 0.0609. The first-order chi connectivity index (χ1) is 8.36. The van der Waals surface area contributed by atoms with Crippen LogP contribution in [0.15, 0.2) is 18.2 Å². The topological polar surface area (TPSA) is 20.3 Å². The number of carbonyl (C=O) groups is 1. The Morgan fingerprint density at radius 1 is 1.56 bits per heavy atom. The molecule has 0 aliphatic carbocycles. The Morgan fingerprint density at radius 2 is 2.22 bits per heavy atom. The largest absolute Gasteiger partial charge is 0.306 e. The maximum Gasteiger partial charge on any atom is 0.242 e. The van der Waals surface area contributed by atoms with Gasteiger partial charge in [-0.3, -0.25) is 4.79 Å². The predicted molar refractivity (Wildman–Crippen MR) is 71.7 cm³/mol. The standard InChI is InChI=1S/C14H17ClFNO/c1-9-7-14(2,3)17(13(18)8-15)12-5-4-10(16)6-11(9)12/h4-6,9H,7-8H2,1-3H3. The molecular weight excluding hydrogens is 253 g/mol. The van der Waals surface area contributed by atoms with Crippen LogP contribution >= 0.6 is 11.6 Å². The number of alkyl halides is 1. The van der Waals surface area contributed by atoms with E-state index in [-0.39, 0.29) is 29.1 Å². The molecule has 1 aliphatic rings. The third-order valence-corrected chi connectivity index (χ3v) is 3.76. The molecule has 0 fully saturated rings. The van der Waals surface area contributed by atoms with Crippen LogP contribution < -0.4 is 4.90 Å². The maximum absolute atomic E-state index is 13.3. The van der Waals surface area contributed by atoms with Crippen molar-refractivity contribution >= 4 is 23.2 Å². The number of hydrogen-bond donors (Lipinski definition) is 0. The average Bonchev–Trinajstić information content (AvgIpc) is 2.28. The Kier molecular flexibility index (Phi) is 3.37. The number of hydrogen-bond acceptors (Lipinski definition) is 1. The van der Waals surface area contributed by atoms with Crippen molar-refractivity contribution in [2.75, 3.05) is 10.8 Å². The van der Waals surface area contributed by atoms with Crippen molar-refractivity contribution in [1.29, 1.82) is 0 Å². The first kappa shape index (κ1) is 13.3. The third-order valence-electron chi connectivity index (χ3n) is 3.54. The van der Waals surface area contributed by atoms with E-state index in [1.165, 1.54) is 12.1 Å². The maximum atomic E-state index is 13.3. The Balaban J connectivity index is 2.58. The van der Waals surface area contributed by atoms with Gasteiger partial charge in [-0.25, -0.2) is 4.39 Å². The van der Waals surface area contributed by atoms with Crippen molar-refractivity contribution in [2.24, 2.45) is 0 Å². The molecule has 0 N–H and O–H groups in total. The monoisotopic (exact) mass is 269 g/mol. The minimum atomic E-state index is -0.295. The van der Waals surface area contributed by atoms with Gasteiger partial charge in [0, 0.05) is 11.2 Å². The van der Waals surface area contributed by atoms with Crippen molar-refractivity contribution in [3.8, 4) is 0 Å². The summed E-state index contributed by atoms with van der Waals surface area (Å²) in [5, 5.41) is 0. The zero-order chi connectivity index (χ0) is 13.5. The summed E-state index contributed by atoms with van der Waals surface area (Å²) in [5.41, 5.74) is 1.37. The Bertz CT molecular complexity index is 487. The van der Waals surface area contributed by atoms with Crippen LogP contribution in [0.5, 0.6) is 0 Å². The smallest absolute Gasteiger partial charge is 0.242 e. The Morgan fingerprint density at radius 3 is 2.83 bits per heavy atom. The van der Waals surface area contributed by atoms with Crippen molar-refractivity contribution in [3.05, 3.63) is 29.6 Å². The molecule has 0 saturated heterocycles. The van der Waals surface area contributed by atoms with Gasteiger partial charge in [0.1, 0.15) is 11.7 Å². The van der Waals surface area contributed by atoms with Gasteiger partial charge in [-0.1, -0.05) is 6.92 Å². The van der Waals surface area contributed by atoms with Gasteiger partial charge < -0.3 is 4.90 Å². The normalized spacial score (nSPS) is 21.6. The number of anilines is 1. The lowest BCUT2D eigenvalue weighted by atomic mass is 9.80. The van der Waals surface area contributed by atoms with E-state index >= 15 is 0 Å². The molecule has 0 saturated carbocycles. The summed E-state index contributed by atoms with van der Waals surface area (Å²) in [4.78, 5) is 13.7. The lowest BCUT2D eigenvalue weighted by Gasteiger charge is -2.45. The van der Waals surface area contributed by atoms with E-state index in [0.29, 0.717) is 0 Å². The van der Waals surface area contributed by atoms with E-state index in [0.717, 1.165) is 17.7 Å². The Hall–Kier alpha value is -1.09. The highest BCUT2D eigenvalue weighted by molar-refractivity contribution is 6.29. The van der Waals surface area contributed by atoms with Gasteiger partial charge in [-0.2, -0.15) is 0 Å². The average molecular weight is 270 g/mol. The molecule has 0 spiro atoms. The van der Waals surface area contributed by atoms with E-state index < -0.39 is 0 Å². The zero-order valence-electron chi connectivity index (χ0n) is 10.8. The lowest BCUT2D eigenvalue weighted by Crippen LogP contribution is -2.52. The zero-order valence-corrected chi connectivity index (χ0v) is 11.6. The van der Waals surface area contributed by atoms with Gasteiger partial charge in [0.2, 0.25) is 5.91 Å². The molecule has 0 aromatic heterocycles. The summed E-state index contributed by atoms with van der Waals surface area (Å²) >= 11 is 5.68. The predicted octanol–water partition coefficient (Wildman–Crippen LogP) is 3.68. The summed E-state index contributed by atoms with van der Waals surface area (Å²) < 4.78 is 13.3. The van der Waals surface area contributed by atoms with Crippen molar-refractivity contribution in [2.45, 2.75) is 38.6 Å². The minimum Gasteiger partial charge on any atom is -0.306 e. The van der Waals surface area contributed by atoms with Crippen LogP contribution in [0.2, 0.25) is 0 Å². The Labute approximate surface area is 112 Å². The fourth-order valence-electron chi connectivity index (χ4n) is 2.93. The number of carbonyl (C=O) groups excluding carboxylic acids is 1. The van der Waals surface area contributed by atoms with Gasteiger partial charge in [0.25, 0.3) is 0 Å². The van der Waals surface area contributed by atoms with Crippen molar-refractivity contribution in [3.63, 3.8) is 0 Å². The number of halogens is 2. The van der Waals surface area contributed by atoms with E-state index in [9.17, 15) is 9.18 Å². The highest BCUT2D eigenvalue weighted by atomic mass is 35.5. The van der Waals surface area contributed by atoms with Gasteiger partial charge >= 0.3 is 0 Å². The summed E-state index contributed by atoms with van der Waals surface area (Å²) in [5.74, 6) is -0.237. The van der Waals surface area contributed by atoms with Crippen LogP contribution in [0.25, 0.3) is 0 Å². The molecule has 0 bridgehead atoms. The number of benzene rings is 1. The fourth-order valence-corrected chi connectivity index (χ4v) is 3.05. The molecule has 1 unspecified atom stereocenters. The molecule has 1 heterocycles. The van der Waals surface area contributed by atoms with Crippen molar-refractivity contribution < 1.29 is 9.18 Å². The molecule has 1 aliphatic heterocycles. The van der Waals surface area contributed by atoms with E-state index in [1.807, 2.05) is 13.8 Å². The molecule has 1 aromatic carbocycles. The van der Waals surface area contributed by atoms with Gasteiger partial charge in [0.15, 0.2) is 0 Å². The number of fused-ring (bicyclic) bond motifs is 1. The summed E-state index contributed by atoms with van der Waals surface area (Å²) in [6, 6.07) is 4.58. The van der Waals surface area contributed by atoms with Crippen LogP contribution in [0, 0.1) is 5.82 Å². The van der Waals surface area contributed by atoms with Gasteiger partial charge in [-0.05, 0) is 49.9 Å². The molecule has 18 heavy (non-hydrogen) atoms. The summed E-state index contributed by atoms with van der Waals surface area (Å²) in [6.45, 7) is 6.09. The van der Waals surface area contributed by atoms with E-state index in [4.69, 9.17) is 11.6 Å². The van der Waals surface area contributed by atoms with Crippen LogP contribution in [-0.4, -0.2) is 17.3 Å². The highest BCUT2D eigenvalue weighted by Crippen LogP contribution is 2.43. The molecule has 98 valence electrons. The number of rotatable bonds is 1. The molecular formula is C14H17ClFNO. The number of nitrogens with zero attached hydrogens (tertiary/aromatic N) is 1. The molecule has 1 atom stereocenters. The van der Waals surface area contributed by atoms with Crippen LogP contribution in [0.3, 0.4) is 0 Å². The molecule has 1 amide bonds. The first-order valence-electron chi connectivity index (χ1n) is 6.05. The second kappa shape index (κ2) is 4.54. The lowest BCUT2D eigenvalue weighted by molar-refractivity contribution is -0.117. The van der Waals surface area contributed by atoms with E-state index in [1.54, 1.807) is 11.0 Å². The van der Waals surface area contributed by atoms with Crippen LogP contribution in [0.4, 0.5) is 10.1 Å². The van der Waals surface area contributed by atoms with Crippen molar-refractivity contribution in [1.82, 2.24) is 0 Å². The second-order valence-corrected chi connectivity index (χ2v) is 5.75. The third kappa shape index (κ3) is 2.12. The molecule has 1 aromatic rings. The summed E-state index contributed by atoms with van der Waals surface area (Å²) in [6.07, 6.45) is 0.798.